The van der Waals surface area contributed by atoms with E-state index in [1.54, 1.807) is 34.3 Å². The Kier molecular flexibility index (Phi) is 3.12. The average Bonchev–Trinajstić information content (AvgIpc) is 2.77. The van der Waals surface area contributed by atoms with Crippen molar-refractivity contribution in [2.75, 3.05) is 0 Å². The summed E-state index contributed by atoms with van der Waals surface area (Å²) in [5, 5.41) is 9.62. The first-order chi connectivity index (χ1) is 9.66. The van der Waals surface area contributed by atoms with Crippen LogP contribution in [0.25, 0.3) is 15.8 Å². The third-order valence-corrected chi connectivity index (χ3v) is 4.14. The van der Waals surface area contributed by atoms with Crippen molar-refractivity contribution in [3.8, 4) is 5.69 Å². The first-order valence-corrected chi connectivity index (χ1v) is 6.85. The SMILES string of the molecule is O=C(O)Cc1ccccc1-n1sc2ccccc2c1=O. The normalized spacial score (nSPS) is 10.8. The third-order valence-electron chi connectivity index (χ3n) is 3.04. The van der Waals surface area contributed by atoms with E-state index in [-0.39, 0.29) is 12.0 Å². The van der Waals surface area contributed by atoms with Gasteiger partial charge in [0.2, 0.25) is 0 Å². The van der Waals surface area contributed by atoms with Crippen molar-refractivity contribution in [3.05, 3.63) is 64.4 Å². The lowest BCUT2D eigenvalue weighted by molar-refractivity contribution is -0.136. The van der Waals surface area contributed by atoms with Gasteiger partial charge in [0.15, 0.2) is 0 Å². The standard InChI is InChI=1S/C15H11NO3S/c17-14(18)9-10-5-1-3-7-12(10)16-15(19)11-6-2-4-8-13(11)20-16/h1-8H,9H2,(H,17,18). The summed E-state index contributed by atoms with van der Waals surface area (Å²) in [4.78, 5) is 23.3. The van der Waals surface area contributed by atoms with Crippen LogP contribution < -0.4 is 5.56 Å². The van der Waals surface area contributed by atoms with Crippen molar-refractivity contribution in [1.29, 1.82) is 0 Å². The Labute approximate surface area is 118 Å². The van der Waals surface area contributed by atoms with Gasteiger partial charge in [0.25, 0.3) is 5.56 Å². The molecule has 0 unspecified atom stereocenters. The summed E-state index contributed by atoms with van der Waals surface area (Å²) in [6.45, 7) is 0. The minimum atomic E-state index is -0.911. The van der Waals surface area contributed by atoms with Gasteiger partial charge in [-0.05, 0) is 23.8 Å². The molecule has 0 aliphatic heterocycles. The number of hydrogen-bond acceptors (Lipinski definition) is 3. The minimum absolute atomic E-state index is 0.100. The number of carbonyl (C=O) groups is 1. The smallest absolute Gasteiger partial charge is 0.307 e. The molecular weight excluding hydrogens is 274 g/mol. The predicted octanol–water partition coefficient (Wildman–Crippen LogP) is 2.68. The van der Waals surface area contributed by atoms with Crippen LogP contribution >= 0.6 is 11.5 Å². The molecule has 0 fully saturated rings. The molecule has 0 saturated carbocycles. The van der Waals surface area contributed by atoms with E-state index in [0.717, 1.165) is 4.70 Å². The average molecular weight is 285 g/mol. The number of aliphatic carboxylic acids is 1. The summed E-state index contributed by atoms with van der Waals surface area (Å²) in [6, 6.07) is 14.5. The monoisotopic (exact) mass is 285 g/mol. The third kappa shape index (κ3) is 2.12. The fourth-order valence-corrected chi connectivity index (χ4v) is 3.20. The first-order valence-electron chi connectivity index (χ1n) is 6.08. The highest BCUT2D eigenvalue weighted by Gasteiger charge is 2.13. The summed E-state index contributed by atoms with van der Waals surface area (Å²) in [6.07, 6.45) is -0.100. The number of fused-ring (bicyclic) bond motifs is 1. The number of hydrogen-bond donors (Lipinski definition) is 1. The maximum atomic E-state index is 12.4. The van der Waals surface area contributed by atoms with E-state index in [1.807, 2.05) is 18.2 Å². The lowest BCUT2D eigenvalue weighted by atomic mass is 10.1. The van der Waals surface area contributed by atoms with Crippen LogP contribution in [0.1, 0.15) is 5.56 Å². The van der Waals surface area contributed by atoms with Crippen molar-refractivity contribution >= 4 is 27.6 Å². The van der Waals surface area contributed by atoms with Gasteiger partial charge < -0.3 is 5.11 Å². The molecule has 0 spiro atoms. The van der Waals surface area contributed by atoms with Gasteiger partial charge in [0.05, 0.1) is 22.2 Å². The molecular formula is C15H11NO3S. The molecule has 1 N–H and O–H groups in total. The van der Waals surface area contributed by atoms with E-state index in [9.17, 15) is 9.59 Å². The van der Waals surface area contributed by atoms with Gasteiger partial charge in [-0.3, -0.25) is 9.59 Å². The molecule has 3 aromatic rings. The van der Waals surface area contributed by atoms with E-state index in [0.29, 0.717) is 16.6 Å². The van der Waals surface area contributed by atoms with Gasteiger partial charge in [0.1, 0.15) is 0 Å². The highest BCUT2D eigenvalue weighted by Crippen LogP contribution is 2.22. The van der Waals surface area contributed by atoms with Crippen LogP contribution in [0, 0.1) is 0 Å². The van der Waals surface area contributed by atoms with Gasteiger partial charge >= 0.3 is 5.97 Å². The molecule has 0 saturated heterocycles. The van der Waals surface area contributed by atoms with Crippen molar-refractivity contribution in [1.82, 2.24) is 3.96 Å². The highest BCUT2D eigenvalue weighted by molar-refractivity contribution is 7.14. The zero-order valence-electron chi connectivity index (χ0n) is 10.4. The summed E-state index contributed by atoms with van der Waals surface area (Å²) >= 11 is 1.33. The number of carboxylic acid groups (broad SMARTS) is 1. The second kappa shape index (κ2) is 4.94. The van der Waals surface area contributed by atoms with E-state index in [2.05, 4.69) is 0 Å². The van der Waals surface area contributed by atoms with Crippen LogP contribution in [0.5, 0.6) is 0 Å². The molecule has 100 valence electrons. The molecule has 0 aliphatic carbocycles. The Morgan fingerprint density at radius 1 is 1.10 bits per heavy atom. The zero-order chi connectivity index (χ0) is 14.1. The van der Waals surface area contributed by atoms with Gasteiger partial charge in [-0.1, -0.05) is 41.9 Å². The topological polar surface area (TPSA) is 59.3 Å². The van der Waals surface area contributed by atoms with Crippen LogP contribution in [-0.4, -0.2) is 15.0 Å². The molecule has 20 heavy (non-hydrogen) atoms. The first kappa shape index (κ1) is 12.6. The number of rotatable bonds is 3. The van der Waals surface area contributed by atoms with Crippen molar-refractivity contribution in [2.45, 2.75) is 6.42 Å². The number of nitrogens with zero attached hydrogens (tertiary/aromatic N) is 1. The lowest BCUT2D eigenvalue weighted by Gasteiger charge is -2.06. The zero-order valence-corrected chi connectivity index (χ0v) is 11.3. The molecule has 0 radical (unpaired) electrons. The van der Waals surface area contributed by atoms with Crippen molar-refractivity contribution in [3.63, 3.8) is 0 Å². The summed E-state index contributed by atoms with van der Waals surface area (Å²) < 4.78 is 2.45. The molecule has 3 rings (SSSR count). The molecule has 0 aliphatic rings. The predicted molar refractivity (Wildman–Crippen MR) is 78.8 cm³/mol. The van der Waals surface area contributed by atoms with Crippen LogP contribution in [0.2, 0.25) is 0 Å². The van der Waals surface area contributed by atoms with Crippen LogP contribution in [0.4, 0.5) is 0 Å². The van der Waals surface area contributed by atoms with Crippen molar-refractivity contribution < 1.29 is 9.90 Å². The second-order valence-electron chi connectivity index (χ2n) is 4.39. The van der Waals surface area contributed by atoms with Crippen molar-refractivity contribution in [2.24, 2.45) is 0 Å². The molecule has 0 atom stereocenters. The number of para-hydroxylation sites is 1. The number of carboxylic acids is 1. The van der Waals surface area contributed by atoms with E-state index >= 15 is 0 Å². The quantitative estimate of drug-likeness (QED) is 0.805. The Balaban J connectivity index is 2.23. The molecule has 0 bridgehead atoms. The van der Waals surface area contributed by atoms with Crippen LogP contribution in [-0.2, 0) is 11.2 Å². The van der Waals surface area contributed by atoms with Crippen LogP contribution in [0.15, 0.2) is 53.3 Å². The summed E-state index contributed by atoms with van der Waals surface area (Å²) in [7, 11) is 0. The van der Waals surface area contributed by atoms with E-state index in [4.69, 9.17) is 5.11 Å². The molecule has 1 heterocycles. The second-order valence-corrected chi connectivity index (χ2v) is 5.37. The Morgan fingerprint density at radius 3 is 2.55 bits per heavy atom. The van der Waals surface area contributed by atoms with E-state index < -0.39 is 5.97 Å². The van der Waals surface area contributed by atoms with E-state index in [1.165, 1.54) is 11.5 Å². The molecule has 2 aromatic carbocycles. The summed E-state index contributed by atoms with van der Waals surface area (Å²) in [5.74, 6) is -0.911. The van der Waals surface area contributed by atoms with Gasteiger partial charge in [-0.2, -0.15) is 0 Å². The number of aromatic nitrogens is 1. The maximum absolute atomic E-state index is 12.4. The van der Waals surface area contributed by atoms with Gasteiger partial charge in [-0.25, -0.2) is 3.96 Å². The molecule has 4 nitrogen and oxygen atoms in total. The van der Waals surface area contributed by atoms with Crippen LogP contribution in [0.3, 0.4) is 0 Å². The Bertz CT molecular complexity index is 847. The Morgan fingerprint density at radius 2 is 1.80 bits per heavy atom. The van der Waals surface area contributed by atoms with Gasteiger partial charge in [0, 0.05) is 0 Å². The number of benzene rings is 2. The summed E-state index contributed by atoms with van der Waals surface area (Å²) in [5.41, 5.74) is 1.16. The lowest BCUT2D eigenvalue weighted by Crippen LogP contribution is -2.14. The fourth-order valence-electron chi connectivity index (χ4n) is 2.15. The maximum Gasteiger partial charge on any atom is 0.307 e. The highest BCUT2D eigenvalue weighted by atomic mass is 32.1. The molecule has 5 heteroatoms. The van der Waals surface area contributed by atoms with Gasteiger partial charge in [-0.15, -0.1) is 0 Å². The Hall–Kier alpha value is -2.40. The molecule has 1 aromatic heterocycles. The largest absolute Gasteiger partial charge is 0.481 e. The fraction of sp³-hybridized carbons (Fsp3) is 0.0667. The minimum Gasteiger partial charge on any atom is -0.481 e. The molecule has 0 amide bonds.